The van der Waals surface area contributed by atoms with E-state index in [2.05, 4.69) is 34.7 Å². The van der Waals surface area contributed by atoms with E-state index in [1.165, 1.54) is 0 Å². The lowest BCUT2D eigenvalue weighted by atomic mass is 9.95. The van der Waals surface area contributed by atoms with Gasteiger partial charge in [-0.1, -0.05) is 71.7 Å². The smallest absolute Gasteiger partial charge is 0.295 e. The van der Waals surface area contributed by atoms with Gasteiger partial charge in [0.25, 0.3) is 11.7 Å². The summed E-state index contributed by atoms with van der Waals surface area (Å²) in [7, 11) is 0. The summed E-state index contributed by atoms with van der Waals surface area (Å²) in [5.74, 6) is -1.34. The number of carbonyl (C=O) groups is 2. The summed E-state index contributed by atoms with van der Waals surface area (Å²) in [6.45, 7) is 8.91. The van der Waals surface area contributed by atoms with Crippen molar-refractivity contribution in [1.82, 2.24) is 9.80 Å². The van der Waals surface area contributed by atoms with Crippen LogP contribution in [-0.2, 0) is 9.59 Å². The fourth-order valence-electron chi connectivity index (χ4n) is 3.76. The van der Waals surface area contributed by atoms with Gasteiger partial charge in [0, 0.05) is 23.1 Å². The number of likely N-dealkylation sites (tertiary alicyclic amines) is 1. The Bertz CT molecular complexity index is 947. The van der Waals surface area contributed by atoms with Crippen molar-refractivity contribution in [2.45, 2.75) is 26.8 Å². The van der Waals surface area contributed by atoms with E-state index in [-0.39, 0.29) is 11.3 Å². The largest absolute Gasteiger partial charge is 0.507 e. The highest BCUT2D eigenvalue weighted by Crippen LogP contribution is 2.39. The third-order valence-corrected chi connectivity index (χ3v) is 6.13. The number of aryl methyl sites for hydroxylation is 1. The summed E-state index contributed by atoms with van der Waals surface area (Å²) < 4.78 is 0.907. The van der Waals surface area contributed by atoms with Gasteiger partial charge in [-0.3, -0.25) is 9.59 Å². The lowest BCUT2D eigenvalue weighted by Gasteiger charge is -2.28. The highest BCUT2D eigenvalue weighted by Gasteiger charge is 2.45. The number of ketones is 1. The van der Waals surface area contributed by atoms with Crippen LogP contribution in [0, 0.1) is 6.92 Å². The first-order chi connectivity index (χ1) is 14.4. The molecule has 0 unspecified atom stereocenters. The molecule has 158 valence electrons. The Balaban J connectivity index is 2.08. The Morgan fingerprint density at radius 3 is 2.20 bits per heavy atom. The molecule has 1 fully saturated rings. The first-order valence-corrected chi connectivity index (χ1v) is 11.0. The zero-order valence-electron chi connectivity index (χ0n) is 17.6. The van der Waals surface area contributed by atoms with E-state index in [1.54, 1.807) is 17.0 Å². The van der Waals surface area contributed by atoms with Crippen LogP contribution in [0.5, 0.6) is 0 Å². The molecule has 0 spiro atoms. The number of benzene rings is 2. The first-order valence-electron chi connectivity index (χ1n) is 10.2. The zero-order valence-corrected chi connectivity index (χ0v) is 19.1. The van der Waals surface area contributed by atoms with Crippen LogP contribution in [0.15, 0.2) is 58.6 Å². The minimum atomic E-state index is -0.638. The second kappa shape index (κ2) is 9.58. The number of aliphatic hydroxyl groups excluding tert-OH is 1. The van der Waals surface area contributed by atoms with Crippen LogP contribution >= 0.6 is 15.9 Å². The van der Waals surface area contributed by atoms with Crippen LogP contribution in [0.3, 0.4) is 0 Å². The second-order valence-electron chi connectivity index (χ2n) is 7.44. The van der Waals surface area contributed by atoms with Gasteiger partial charge in [-0.15, -0.1) is 0 Å². The van der Waals surface area contributed by atoms with Gasteiger partial charge in [0.2, 0.25) is 0 Å². The van der Waals surface area contributed by atoms with Gasteiger partial charge in [0.1, 0.15) is 5.76 Å². The molecular formula is C24H27BrN2O3. The molecule has 0 radical (unpaired) electrons. The topological polar surface area (TPSA) is 60.9 Å². The molecule has 1 amide bonds. The predicted octanol–water partition coefficient (Wildman–Crippen LogP) is 4.52. The summed E-state index contributed by atoms with van der Waals surface area (Å²) >= 11 is 3.43. The number of nitrogens with zero attached hydrogens (tertiary/aromatic N) is 2. The van der Waals surface area contributed by atoms with Crippen molar-refractivity contribution in [3.8, 4) is 0 Å². The summed E-state index contributed by atoms with van der Waals surface area (Å²) in [4.78, 5) is 29.7. The first kappa shape index (κ1) is 22.2. The van der Waals surface area contributed by atoms with Gasteiger partial charge >= 0.3 is 0 Å². The van der Waals surface area contributed by atoms with Crippen molar-refractivity contribution in [1.29, 1.82) is 0 Å². The average Bonchev–Trinajstić information content (AvgIpc) is 3.00. The Hall–Kier alpha value is -2.44. The molecular weight excluding hydrogens is 444 g/mol. The molecule has 1 heterocycles. The van der Waals surface area contributed by atoms with E-state index in [0.717, 1.165) is 28.7 Å². The summed E-state index contributed by atoms with van der Waals surface area (Å²) in [6, 6.07) is 14.2. The van der Waals surface area contributed by atoms with E-state index >= 15 is 0 Å². The van der Waals surface area contributed by atoms with Crippen molar-refractivity contribution in [2.75, 3.05) is 26.2 Å². The molecule has 1 N–H and O–H groups in total. The van der Waals surface area contributed by atoms with E-state index in [0.29, 0.717) is 18.7 Å². The van der Waals surface area contributed by atoms with Gasteiger partial charge in [-0.25, -0.2) is 0 Å². The molecule has 30 heavy (non-hydrogen) atoms. The number of likely N-dealkylation sites (N-methyl/N-ethyl adjacent to an activating group) is 1. The second-order valence-corrected chi connectivity index (χ2v) is 8.35. The summed E-state index contributed by atoms with van der Waals surface area (Å²) in [5, 5.41) is 11.0. The molecule has 3 rings (SSSR count). The monoisotopic (exact) mass is 470 g/mol. The number of halogens is 1. The predicted molar refractivity (Wildman–Crippen MR) is 122 cm³/mol. The van der Waals surface area contributed by atoms with Crippen molar-refractivity contribution in [2.24, 2.45) is 0 Å². The number of carbonyl (C=O) groups excluding carboxylic acids is 2. The molecule has 5 nitrogen and oxygen atoms in total. The van der Waals surface area contributed by atoms with Gasteiger partial charge in [-0.05, 0) is 37.7 Å². The molecule has 2 aromatic carbocycles. The zero-order chi connectivity index (χ0) is 21.8. The molecule has 0 aliphatic carbocycles. The van der Waals surface area contributed by atoms with Crippen molar-refractivity contribution >= 4 is 33.4 Å². The SMILES string of the molecule is CCN(CC)CCN1C(=O)C(=O)C(=C(O)c2ccc(C)cc2)[C@H]1c1ccc(Br)cc1. The molecule has 1 aliphatic heterocycles. The summed E-state index contributed by atoms with van der Waals surface area (Å²) in [6.07, 6.45) is 0. The van der Waals surface area contributed by atoms with Gasteiger partial charge < -0.3 is 14.9 Å². The molecule has 6 heteroatoms. The third-order valence-electron chi connectivity index (χ3n) is 5.60. The molecule has 2 aromatic rings. The molecule has 1 aliphatic rings. The molecule has 0 bridgehead atoms. The number of Topliss-reactive ketones (excluding diaryl/α,β-unsaturated/α-hetero) is 1. The Morgan fingerprint density at radius 2 is 1.63 bits per heavy atom. The van der Waals surface area contributed by atoms with E-state index in [9.17, 15) is 14.7 Å². The van der Waals surface area contributed by atoms with Crippen molar-refractivity contribution in [3.05, 3.63) is 75.3 Å². The molecule has 1 saturated heterocycles. The van der Waals surface area contributed by atoms with Crippen LogP contribution in [0.25, 0.3) is 5.76 Å². The molecule has 1 atom stereocenters. The van der Waals surface area contributed by atoms with Crippen LogP contribution in [-0.4, -0.2) is 52.8 Å². The number of rotatable bonds is 7. The highest BCUT2D eigenvalue weighted by molar-refractivity contribution is 9.10. The van der Waals surface area contributed by atoms with Crippen LogP contribution in [0.4, 0.5) is 0 Å². The quantitative estimate of drug-likeness (QED) is 0.367. The minimum Gasteiger partial charge on any atom is -0.507 e. The Kier molecular flexibility index (Phi) is 7.10. The van der Waals surface area contributed by atoms with Gasteiger partial charge in [-0.2, -0.15) is 0 Å². The maximum atomic E-state index is 13.0. The van der Waals surface area contributed by atoms with Crippen molar-refractivity contribution < 1.29 is 14.7 Å². The lowest BCUT2D eigenvalue weighted by molar-refractivity contribution is -0.140. The molecule has 0 saturated carbocycles. The molecule has 0 aromatic heterocycles. The van der Waals surface area contributed by atoms with Crippen LogP contribution < -0.4 is 0 Å². The highest BCUT2D eigenvalue weighted by atomic mass is 79.9. The van der Waals surface area contributed by atoms with Crippen molar-refractivity contribution in [3.63, 3.8) is 0 Å². The Morgan fingerprint density at radius 1 is 1.03 bits per heavy atom. The van der Waals surface area contributed by atoms with Crippen LogP contribution in [0.1, 0.15) is 36.6 Å². The number of hydrogen-bond donors (Lipinski definition) is 1. The minimum absolute atomic E-state index is 0.133. The summed E-state index contributed by atoms with van der Waals surface area (Å²) in [5.41, 5.74) is 2.52. The standard InChI is InChI=1S/C24H27BrN2O3/c1-4-26(5-2)14-15-27-21(17-10-12-19(25)13-11-17)20(23(29)24(27)30)22(28)18-8-6-16(3)7-9-18/h6-13,21,28H,4-5,14-15H2,1-3H3/t21-/m1/s1. The lowest BCUT2D eigenvalue weighted by Crippen LogP contribution is -2.38. The fourth-order valence-corrected chi connectivity index (χ4v) is 4.02. The number of aliphatic hydroxyl groups is 1. The Labute approximate surface area is 186 Å². The third kappa shape index (κ3) is 4.50. The maximum absolute atomic E-state index is 13.0. The number of hydrogen-bond acceptors (Lipinski definition) is 4. The van der Waals surface area contributed by atoms with E-state index in [4.69, 9.17) is 0 Å². The van der Waals surface area contributed by atoms with E-state index < -0.39 is 17.7 Å². The maximum Gasteiger partial charge on any atom is 0.295 e. The normalized spacial score (nSPS) is 18.4. The van der Waals surface area contributed by atoms with Gasteiger partial charge in [0.15, 0.2) is 0 Å². The van der Waals surface area contributed by atoms with Crippen LogP contribution in [0.2, 0.25) is 0 Å². The average molecular weight is 471 g/mol. The number of amides is 1. The van der Waals surface area contributed by atoms with Gasteiger partial charge in [0.05, 0.1) is 11.6 Å². The van der Waals surface area contributed by atoms with E-state index in [1.807, 2.05) is 43.3 Å². The fraction of sp³-hybridized carbons (Fsp3) is 0.333.